The molecule has 0 atom stereocenters. The van der Waals surface area contributed by atoms with Crippen LogP contribution in [0.1, 0.15) is 315 Å². The predicted octanol–water partition coefficient (Wildman–Crippen LogP) is 21.7. The quantitative estimate of drug-likeness (QED) is 0.0213. The number of aryl methyl sites for hydroxylation is 2. The Bertz CT molecular complexity index is 5450. The average molecular weight is 1840 g/mol. The van der Waals surface area contributed by atoms with Gasteiger partial charge in [-0.3, -0.25) is 52.7 Å². The topological polar surface area (TPSA) is 357 Å². The van der Waals surface area contributed by atoms with Gasteiger partial charge in [0.2, 0.25) is 0 Å². The molecule has 0 bridgehead atoms. The molecule has 24 nitrogen and oxygen atoms in total. The predicted molar refractivity (Wildman–Crippen MR) is 520 cm³/mol. The fraction of sp³-hybridized carbons (Fsp3) is 0.409. The van der Waals surface area contributed by atoms with Crippen LogP contribution in [-0.2, 0) is 76.0 Å². The van der Waals surface area contributed by atoms with E-state index in [9.17, 15) is 68.1 Å². The van der Waals surface area contributed by atoms with E-state index in [1.54, 1.807) is 159 Å². The summed E-state index contributed by atoms with van der Waals surface area (Å²) in [4.78, 5) is 126. The van der Waals surface area contributed by atoms with E-state index in [-0.39, 0.29) is 121 Å². The van der Waals surface area contributed by atoms with E-state index in [1.165, 1.54) is 60.6 Å². The van der Waals surface area contributed by atoms with Gasteiger partial charge in [0.05, 0.1) is 6.61 Å². The fourth-order valence-corrected chi connectivity index (χ4v) is 15.8. The first kappa shape index (κ1) is 112. The minimum absolute atomic E-state index is 0.0435. The van der Waals surface area contributed by atoms with Gasteiger partial charge < -0.3 is 64.2 Å². The summed E-state index contributed by atoms with van der Waals surface area (Å²) < 4.78 is 35.2. The maximum Gasteiger partial charge on any atom is 0.308 e. The molecule has 6 N–H and O–H groups in total. The van der Waals surface area contributed by atoms with Crippen LogP contribution in [0.3, 0.4) is 0 Å². The van der Waals surface area contributed by atoms with E-state index in [1.807, 2.05) is 71.9 Å². The largest absolute Gasteiger partial charge is 0.508 e. The summed E-state index contributed by atoms with van der Waals surface area (Å²) in [6, 6.07) is 51.4. The molecule has 134 heavy (non-hydrogen) atoms. The third-order valence-corrected chi connectivity index (χ3v) is 20.9. The molecule has 720 valence electrons. The smallest absolute Gasteiger partial charge is 0.308 e. The summed E-state index contributed by atoms with van der Waals surface area (Å²) in [5.41, 5.74) is 9.10. The Hall–Kier alpha value is -12.9. The van der Waals surface area contributed by atoms with Crippen LogP contribution in [0.2, 0.25) is 0 Å². The minimum Gasteiger partial charge on any atom is -0.508 e. The number of phenolic OH excluding ortho intramolecular Hbond substituents is 4. The number of hydrogen-bond donors (Lipinski definition) is 6. The maximum atomic E-state index is 13.1. The molecule has 2 fully saturated rings. The number of carbonyl (C=O) groups is 11. The Labute approximate surface area is 790 Å². The van der Waals surface area contributed by atoms with Crippen LogP contribution in [0, 0.1) is 19.8 Å². The second-order valence-electron chi connectivity index (χ2n) is 40.4. The van der Waals surface area contributed by atoms with Crippen molar-refractivity contribution in [2.75, 3.05) is 6.61 Å². The van der Waals surface area contributed by atoms with Crippen molar-refractivity contribution in [2.24, 2.45) is 5.92 Å². The van der Waals surface area contributed by atoms with Gasteiger partial charge in [-0.25, -0.2) is 0 Å². The highest BCUT2D eigenvalue weighted by atomic mass is 16.6. The van der Waals surface area contributed by atoms with Gasteiger partial charge in [-0.1, -0.05) is 113 Å². The monoisotopic (exact) mass is 1840 g/mol. The van der Waals surface area contributed by atoms with Crippen molar-refractivity contribution in [3.05, 3.63) is 272 Å². The molecule has 0 radical (unpaired) electrons. The molecule has 2 heterocycles. The van der Waals surface area contributed by atoms with Gasteiger partial charge in [-0.15, -0.1) is 0 Å². The molecular formula is C110H138N2O22. The van der Waals surface area contributed by atoms with Gasteiger partial charge >= 0.3 is 41.8 Å². The highest BCUT2D eigenvalue weighted by molar-refractivity contribution is 6.11. The number of aromatic hydroxyl groups is 4. The van der Waals surface area contributed by atoms with Crippen LogP contribution in [0.4, 0.5) is 0 Å². The number of carbonyl (C=O) groups excluding carboxylic acids is 11. The van der Waals surface area contributed by atoms with Crippen LogP contribution in [-0.4, -0.2) is 120 Å². The first-order valence-corrected chi connectivity index (χ1v) is 44.5. The highest BCUT2D eigenvalue weighted by Crippen LogP contribution is 2.43. The summed E-state index contributed by atoms with van der Waals surface area (Å²) in [6.45, 7) is 55.8. The fourth-order valence-electron chi connectivity index (χ4n) is 15.8. The zero-order valence-corrected chi connectivity index (χ0v) is 83.4. The van der Waals surface area contributed by atoms with Crippen LogP contribution >= 0.6 is 0 Å². The number of nitrogens with one attached hydrogen (secondary N) is 2. The Morgan fingerprint density at radius 2 is 0.575 bits per heavy atom. The van der Waals surface area contributed by atoms with Crippen molar-refractivity contribution in [1.82, 2.24) is 10.6 Å². The van der Waals surface area contributed by atoms with E-state index < -0.39 is 17.9 Å². The Kier molecular flexibility index (Phi) is 39.7. The van der Waals surface area contributed by atoms with Crippen molar-refractivity contribution in [3.8, 4) is 46.0 Å². The number of ether oxygens (including phenoxy) is 7. The number of esters is 7. The van der Waals surface area contributed by atoms with E-state index in [0.29, 0.717) is 96.9 Å². The Morgan fingerprint density at radius 3 is 0.851 bits per heavy atom. The van der Waals surface area contributed by atoms with Gasteiger partial charge in [0.1, 0.15) is 58.7 Å². The van der Waals surface area contributed by atoms with Crippen LogP contribution in [0.15, 0.2) is 188 Å². The molecule has 2 saturated heterocycles. The molecule has 0 saturated carbocycles. The second kappa shape index (κ2) is 47.6. The molecule has 9 aromatic rings. The third-order valence-electron chi connectivity index (χ3n) is 20.9. The van der Waals surface area contributed by atoms with Crippen molar-refractivity contribution in [1.29, 1.82) is 0 Å². The van der Waals surface area contributed by atoms with Crippen LogP contribution < -0.4 is 29.6 Å². The second-order valence-corrected chi connectivity index (χ2v) is 40.4. The summed E-state index contributed by atoms with van der Waals surface area (Å²) in [6.07, 6.45) is 3.94. The van der Waals surface area contributed by atoms with Crippen LogP contribution in [0.5, 0.6) is 46.0 Å². The van der Waals surface area contributed by atoms with Gasteiger partial charge in [0.15, 0.2) is 23.1 Å². The van der Waals surface area contributed by atoms with Gasteiger partial charge in [-0.05, 0) is 295 Å². The molecule has 0 amide bonds. The van der Waals surface area contributed by atoms with Crippen molar-refractivity contribution in [2.45, 2.75) is 283 Å². The average Bonchev–Trinajstić information content (AvgIpc) is 0.772. The first-order chi connectivity index (χ1) is 61.7. The molecule has 2 aliphatic heterocycles. The SMILES string of the molecule is CC(=O)OC1CC(C)(C)NC(C)(C)C1.CC(=O)OCC1CC(C)(C)NC(C)(C)C1.CC(=O)OCc1cc(C(C)(C)C)c(O)c(C(C)(C)C)c1.CC(=O)Oc1ccc(C(=O)c2cc(C(C)(C)C)c(O)c(C(C)(C)C)c2)cc1.CC(=O)Oc1ccc(C(=O)c2cc(C)c(O)c(C)c2)cc1.CC(=O)Oc1ccc(C(=O)c2ccc(O)cc2)cc1.CC(=O)Oc1ccc(C(=O)c2ccccc2)cc1. The standard InChI is InChI=1S/C23H28O4.C17H16O4.C17H26O3.C15H12O4.C15H12O3.C12H23NO2.C11H21NO2/c1-14(24)27-17-10-8-15(9-11-17)20(25)16-12-18(22(2,3)4)21(26)19(13-16)23(5,6)7;1-10-8-14(9-11(2)16(10)19)17(20)13-4-6-15(7-5-13)21-12(3)18;1-11(18)20-10-12-8-13(16(2,3)4)15(19)14(9-12)17(5,6)7;1-10(16)19-14-8-4-12(5-9-14)15(18)11-2-6-13(17)7-3-11;1-11(16)18-14-9-7-13(8-10-14)15(17)12-5-3-2-4-6-12;1-9(14)15-8-10-6-11(2,3)13-12(4,5)7-10;1-8(13)14-9-6-10(2,3)12-11(4,5)7-9/h8-13,26H,1-7H3;4-9,19H,1-3H3;8-9,19H,10H2,1-7H3;2-9,17H,1H3;2-10H,1H3;10,13H,6-8H2,1-5H3;9,12H,6-7H2,1-5H3. The summed E-state index contributed by atoms with van der Waals surface area (Å²) in [5, 5.41) is 47.4. The van der Waals surface area contributed by atoms with Gasteiger partial charge in [0.25, 0.3) is 0 Å². The molecular weight excluding hydrogens is 1700 g/mol. The molecule has 0 aliphatic carbocycles. The van der Waals surface area contributed by atoms with E-state index >= 15 is 0 Å². The minimum atomic E-state index is -0.405. The molecule has 0 unspecified atom stereocenters. The summed E-state index contributed by atoms with van der Waals surface area (Å²) in [5.74, 6) is 0.281. The molecule has 2 aliphatic rings. The number of piperidine rings is 2. The van der Waals surface area contributed by atoms with E-state index in [0.717, 1.165) is 53.5 Å². The van der Waals surface area contributed by atoms with Crippen molar-refractivity contribution in [3.63, 3.8) is 0 Å². The van der Waals surface area contributed by atoms with Gasteiger partial charge in [-0.2, -0.15) is 0 Å². The van der Waals surface area contributed by atoms with Crippen molar-refractivity contribution < 1.29 is 106 Å². The lowest BCUT2D eigenvalue weighted by molar-refractivity contribution is -0.150. The summed E-state index contributed by atoms with van der Waals surface area (Å²) >= 11 is 0. The normalized spacial score (nSPS) is 14.1. The maximum absolute atomic E-state index is 13.1. The molecule has 9 aromatic carbocycles. The first-order valence-electron chi connectivity index (χ1n) is 44.5. The zero-order valence-electron chi connectivity index (χ0n) is 83.4. The zero-order chi connectivity index (χ0) is 101. The van der Waals surface area contributed by atoms with E-state index in [2.05, 4.69) is 108 Å². The number of benzene rings is 9. The molecule has 0 aromatic heterocycles. The lowest BCUT2D eigenvalue weighted by Crippen LogP contribution is -2.59. The molecule has 11 rings (SSSR count). The Balaban J connectivity index is 0.000000279. The molecule has 24 heteroatoms. The molecule has 0 spiro atoms. The number of hydrogen-bond acceptors (Lipinski definition) is 24. The third kappa shape index (κ3) is 37.3. The summed E-state index contributed by atoms with van der Waals surface area (Å²) in [7, 11) is 0. The number of ketones is 4. The lowest BCUT2D eigenvalue weighted by atomic mass is 9.76. The Morgan fingerprint density at radius 1 is 0.313 bits per heavy atom. The van der Waals surface area contributed by atoms with Crippen molar-refractivity contribution >= 4 is 64.9 Å². The highest BCUT2D eigenvalue weighted by Gasteiger charge is 2.40. The van der Waals surface area contributed by atoms with E-state index in [4.69, 9.17) is 38.3 Å². The number of rotatable bonds is 17. The van der Waals surface area contributed by atoms with Crippen LogP contribution in [0.25, 0.3) is 0 Å². The lowest BCUT2D eigenvalue weighted by Gasteiger charge is -2.46. The number of phenols is 4. The van der Waals surface area contributed by atoms with Gasteiger partial charge in [0, 0.05) is 139 Å².